The van der Waals surface area contributed by atoms with Gasteiger partial charge in [-0.2, -0.15) is 0 Å². The lowest BCUT2D eigenvalue weighted by Crippen LogP contribution is -2.12. The molecule has 0 saturated carbocycles. The van der Waals surface area contributed by atoms with Crippen LogP contribution in [0.3, 0.4) is 0 Å². The van der Waals surface area contributed by atoms with Gasteiger partial charge in [0.2, 0.25) is 0 Å². The van der Waals surface area contributed by atoms with Crippen molar-refractivity contribution < 1.29 is 0 Å². The Bertz CT molecular complexity index is 127. The second kappa shape index (κ2) is 24.6. The van der Waals surface area contributed by atoms with Gasteiger partial charge in [-0.05, 0) is 52.2 Å². The van der Waals surface area contributed by atoms with Gasteiger partial charge in [-0.15, -0.1) is 13.2 Å². The fourth-order valence-corrected chi connectivity index (χ4v) is 1.09. The van der Waals surface area contributed by atoms with Crippen LogP contribution in [-0.4, -0.2) is 20.1 Å². The monoisotopic (exact) mass is 242 g/mol. The van der Waals surface area contributed by atoms with Gasteiger partial charge in [0, 0.05) is 0 Å². The highest BCUT2D eigenvalue weighted by atomic mass is 14.8. The third-order valence-corrected chi connectivity index (χ3v) is 2.02. The summed E-state index contributed by atoms with van der Waals surface area (Å²) >= 11 is 0. The van der Waals surface area contributed by atoms with Crippen LogP contribution in [0.15, 0.2) is 25.3 Å². The van der Waals surface area contributed by atoms with E-state index >= 15 is 0 Å². The fourth-order valence-electron chi connectivity index (χ4n) is 1.09. The zero-order valence-electron chi connectivity index (χ0n) is 12.5. The van der Waals surface area contributed by atoms with E-state index in [0.717, 1.165) is 25.4 Å². The minimum atomic E-state index is 0.792. The molecule has 2 heteroatoms. The molecule has 0 aliphatic carbocycles. The number of allylic oxidation sites excluding steroid dienone is 2. The largest absolute Gasteiger partial charge is 0.330 e. The van der Waals surface area contributed by atoms with E-state index in [9.17, 15) is 0 Å². The molecule has 0 aromatic carbocycles. The van der Waals surface area contributed by atoms with E-state index < -0.39 is 0 Å². The zero-order chi connectivity index (χ0) is 13.9. The number of rotatable bonds is 7. The highest BCUT2D eigenvalue weighted by Gasteiger charge is 1.90. The van der Waals surface area contributed by atoms with Crippen molar-refractivity contribution in [3.63, 3.8) is 0 Å². The van der Waals surface area contributed by atoms with Gasteiger partial charge in [0.1, 0.15) is 0 Å². The number of nitrogens with one attached hydrogen (secondary N) is 1. The Balaban J connectivity index is -0.000000213. The molecule has 0 aromatic heterocycles. The number of nitrogens with two attached hydrogens (primary N) is 1. The highest BCUT2D eigenvalue weighted by Crippen LogP contribution is 2.05. The summed E-state index contributed by atoms with van der Waals surface area (Å²) in [6.07, 6.45) is 9.42. The van der Waals surface area contributed by atoms with Crippen molar-refractivity contribution in [1.29, 1.82) is 0 Å². The quantitative estimate of drug-likeness (QED) is 0.527. The van der Waals surface area contributed by atoms with E-state index in [1.807, 2.05) is 7.05 Å². The second-order valence-electron chi connectivity index (χ2n) is 4.14. The molecule has 0 aliphatic heterocycles. The molecule has 0 atom stereocenters. The molecule has 3 N–H and O–H groups in total. The molecule has 0 spiro atoms. The summed E-state index contributed by atoms with van der Waals surface area (Å²) in [6.45, 7) is 14.5. The van der Waals surface area contributed by atoms with Crippen molar-refractivity contribution in [2.24, 2.45) is 11.7 Å². The first-order valence-electron chi connectivity index (χ1n) is 6.64. The molecular formula is C15H34N2. The maximum Gasteiger partial charge on any atom is -0.00399 e. The van der Waals surface area contributed by atoms with Crippen LogP contribution in [0.5, 0.6) is 0 Å². The van der Waals surface area contributed by atoms with Crippen LogP contribution in [0.4, 0.5) is 0 Å². The third-order valence-electron chi connectivity index (χ3n) is 2.02. The van der Waals surface area contributed by atoms with Crippen molar-refractivity contribution in [2.75, 3.05) is 20.1 Å². The predicted octanol–water partition coefficient (Wildman–Crippen LogP) is 3.75. The molecule has 0 aliphatic rings. The molecule has 17 heavy (non-hydrogen) atoms. The average Bonchev–Trinajstić information content (AvgIpc) is 2.35. The van der Waals surface area contributed by atoms with E-state index in [1.165, 1.54) is 19.3 Å². The fraction of sp³-hybridized carbons (Fsp3) is 0.733. The maximum absolute atomic E-state index is 5.17. The lowest BCUT2D eigenvalue weighted by atomic mass is 10.1. The smallest absolute Gasteiger partial charge is 0.00399 e. The van der Waals surface area contributed by atoms with Crippen LogP contribution in [-0.2, 0) is 0 Å². The van der Waals surface area contributed by atoms with Gasteiger partial charge in [-0.1, -0.05) is 32.4 Å². The molecule has 0 aromatic rings. The van der Waals surface area contributed by atoms with Crippen molar-refractivity contribution in [3.05, 3.63) is 25.3 Å². The summed E-state index contributed by atoms with van der Waals surface area (Å²) < 4.78 is 0. The van der Waals surface area contributed by atoms with Crippen LogP contribution in [0, 0.1) is 5.92 Å². The number of unbranched alkanes of at least 4 members (excludes halogenated alkanes) is 1. The van der Waals surface area contributed by atoms with E-state index in [1.54, 1.807) is 0 Å². The molecule has 0 fully saturated rings. The average molecular weight is 242 g/mol. The Hall–Kier alpha value is -0.600. The first-order chi connectivity index (χ1) is 8.18. The molecule has 104 valence electrons. The van der Waals surface area contributed by atoms with Gasteiger partial charge in [-0.3, -0.25) is 0 Å². The summed E-state index contributed by atoms with van der Waals surface area (Å²) in [5, 5.41) is 2.99. The lowest BCUT2D eigenvalue weighted by Gasteiger charge is -1.99. The third kappa shape index (κ3) is 39.2. The summed E-state index contributed by atoms with van der Waals surface area (Å²) in [5.41, 5.74) is 5.17. The molecule has 0 unspecified atom stereocenters. The second-order valence-corrected chi connectivity index (χ2v) is 4.14. The van der Waals surface area contributed by atoms with Crippen LogP contribution in [0.2, 0.25) is 0 Å². The Morgan fingerprint density at radius 3 is 2.12 bits per heavy atom. The Morgan fingerprint density at radius 1 is 1.24 bits per heavy atom. The van der Waals surface area contributed by atoms with E-state index in [0.29, 0.717) is 0 Å². The van der Waals surface area contributed by atoms with Gasteiger partial charge >= 0.3 is 0 Å². The first-order valence-corrected chi connectivity index (χ1v) is 6.64. The molecule has 2 nitrogen and oxygen atoms in total. The molecule has 0 bridgehead atoms. The molecule has 0 radical (unpaired) electrons. The van der Waals surface area contributed by atoms with Crippen molar-refractivity contribution in [2.45, 2.75) is 46.5 Å². The van der Waals surface area contributed by atoms with Crippen molar-refractivity contribution in [1.82, 2.24) is 5.32 Å². The normalized spacial score (nSPS) is 9.53. The Morgan fingerprint density at radius 2 is 1.82 bits per heavy atom. The maximum atomic E-state index is 5.17. The van der Waals surface area contributed by atoms with Crippen LogP contribution in [0.1, 0.15) is 46.5 Å². The van der Waals surface area contributed by atoms with Gasteiger partial charge in [0.15, 0.2) is 0 Å². The summed E-state index contributed by atoms with van der Waals surface area (Å²) in [7, 11) is 1.93. The van der Waals surface area contributed by atoms with Gasteiger partial charge < -0.3 is 11.1 Å². The SMILES string of the molecule is C/C=C/CCCC(C)C.C=C.CNCCCN. The Kier molecular flexibility index (Phi) is 31.3. The summed E-state index contributed by atoms with van der Waals surface area (Å²) in [4.78, 5) is 0. The van der Waals surface area contributed by atoms with E-state index in [-0.39, 0.29) is 0 Å². The minimum Gasteiger partial charge on any atom is -0.330 e. The molecule has 0 heterocycles. The summed E-state index contributed by atoms with van der Waals surface area (Å²) in [5.74, 6) is 0.871. The lowest BCUT2D eigenvalue weighted by molar-refractivity contribution is 0.560. The van der Waals surface area contributed by atoms with Crippen LogP contribution >= 0.6 is 0 Å². The standard InChI is InChI=1S/C9H18.C4H12N2.C2H4/c1-4-5-6-7-8-9(2)3;1-6-4-2-3-5;1-2/h4-5,9H,6-8H2,1-3H3;6H,2-5H2,1H3;1-2H2/b5-4+;;. The van der Waals surface area contributed by atoms with Crippen molar-refractivity contribution >= 4 is 0 Å². The highest BCUT2D eigenvalue weighted by molar-refractivity contribution is 4.76. The van der Waals surface area contributed by atoms with E-state index in [4.69, 9.17) is 5.73 Å². The van der Waals surface area contributed by atoms with Crippen molar-refractivity contribution in [3.8, 4) is 0 Å². The van der Waals surface area contributed by atoms with E-state index in [2.05, 4.69) is 51.4 Å². The number of hydrogen-bond acceptors (Lipinski definition) is 2. The van der Waals surface area contributed by atoms with Crippen LogP contribution in [0.25, 0.3) is 0 Å². The first kappa shape index (κ1) is 21.7. The summed E-state index contributed by atoms with van der Waals surface area (Å²) in [6, 6.07) is 0. The topological polar surface area (TPSA) is 38.0 Å². The predicted molar refractivity (Wildman–Crippen MR) is 82.4 cm³/mol. The van der Waals surface area contributed by atoms with Gasteiger partial charge in [0.25, 0.3) is 0 Å². The molecule has 0 saturated heterocycles. The number of hydrogen-bond donors (Lipinski definition) is 2. The zero-order valence-corrected chi connectivity index (χ0v) is 12.5. The minimum absolute atomic E-state index is 0.792. The van der Waals surface area contributed by atoms with Crippen LogP contribution < -0.4 is 11.1 Å². The van der Waals surface area contributed by atoms with Gasteiger partial charge in [-0.25, -0.2) is 0 Å². The Labute approximate surface area is 109 Å². The molecule has 0 rings (SSSR count). The molecule has 0 amide bonds. The van der Waals surface area contributed by atoms with Gasteiger partial charge in [0.05, 0.1) is 0 Å². The molecular weight excluding hydrogens is 208 g/mol.